The Morgan fingerprint density at radius 2 is 1.15 bits per heavy atom. The first kappa shape index (κ1) is 25.3. The van der Waals surface area contributed by atoms with Crippen LogP contribution in [0.15, 0.2) is 12.7 Å². The average Bonchev–Trinajstić information content (AvgIpc) is 2.49. The Bertz CT molecular complexity index is 550. The van der Waals surface area contributed by atoms with Crippen molar-refractivity contribution in [3.63, 3.8) is 0 Å². The van der Waals surface area contributed by atoms with Crippen LogP contribution in [0.5, 0.6) is 0 Å². The monoisotopic (exact) mass is 432 g/mol. The molecule has 0 aromatic heterocycles. The number of rotatable bonds is 9. The molecule has 0 atom stereocenters. The lowest BCUT2D eigenvalue weighted by atomic mass is 9.92. The lowest BCUT2D eigenvalue weighted by Crippen LogP contribution is -2.70. The Labute approximate surface area is 141 Å². The predicted molar refractivity (Wildman–Crippen MR) is 61.2 cm³/mol. The van der Waals surface area contributed by atoms with E-state index in [0.717, 1.165) is 0 Å². The van der Waals surface area contributed by atoms with E-state index < -0.39 is 61.2 Å². The van der Waals surface area contributed by atoms with Gasteiger partial charge in [0.25, 0.3) is 0 Å². The molecule has 0 aromatic carbocycles. The molecule has 0 unspecified atom stereocenters. The van der Waals surface area contributed by atoms with Crippen LogP contribution in [0, 0.1) is 0 Å². The first-order valence-electron chi connectivity index (χ1n) is 6.45. The number of hydrogen-bond acceptors (Lipinski definition) is 2. The molecule has 0 aliphatic carbocycles. The molecule has 0 saturated heterocycles. The summed E-state index contributed by atoms with van der Waals surface area (Å²) in [7, 11) is 0. The molecule has 0 heterocycles. The fraction of sp³-hybridized carbons (Fsp3) is 0.750. The van der Waals surface area contributed by atoms with Crippen molar-refractivity contribution in [2.24, 2.45) is 0 Å². The molecule has 0 spiro atoms. The number of esters is 1. The van der Waals surface area contributed by atoms with E-state index in [0.29, 0.717) is 6.08 Å². The zero-order valence-corrected chi connectivity index (χ0v) is 12.6. The van der Waals surface area contributed by atoms with Crippen LogP contribution in [-0.2, 0) is 9.53 Å². The van der Waals surface area contributed by atoms with Gasteiger partial charge in [0.05, 0.1) is 6.61 Å². The van der Waals surface area contributed by atoms with Crippen molar-refractivity contribution >= 4 is 5.97 Å². The standard InChI is InChI=1S/C12H9F13O2/c1-2-6(26)27-5-3-4-7(13,14)8(15,16)9(17,18)10(19,20)11(21,22)12(23,24)25/h2H,1,3-5H2. The molecule has 15 heteroatoms. The Kier molecular flexibility index (Phi) is 6.91. The first-order valence-corrected chi connectivity index (χ1v) is 6.45. The van der Waals surface area contributed by atoms with Crippen molar-refractivity contribution in [3.8, 4) is 0 Å². The molecule has 0 rings (SSSR count). The fourth-order valence-electron chi connectivity index (χ4n) is 1.48. The molecule has 0 aromatic rings. The third kappa shape index (κ3) is 4.25. The molecule has 27 heavy (non-hydrogen) atoms. The highest BCUT2D eigenvalue weighted by Gasteiger charge is 2.90. The van der Waals surface area contributed by atoms with Gasteiger partial charge in [-0.25, -0.2) is 4.79 Å². The molecule has 160 valence electrons. The maximum absolute atomic E-state index is 13.3. The highest BCUT2D eigenvalue weighted by Crippen LogP contribution is 2.60. The van der Waals surface area contributed by atoms with Gasteiger partial charge in [-0.1, -0.05) is 6.58 Å². The van der Waals surface area contributed by atoms with Crippen LogP contribution in [0.4, 0.5) is 57.1 Å². The summed E-state index contributed by atoms with van der Waals surface area (Å²) in [5.41, 5.74) is 0. The summed E-state index contributed by atoms with van der Waals surface area (Å²) in [5.74, 6) is -38.2. The lowest BCUT2D eigenvalue weighted by molar-refractivity contribution is -0.440. The van der Waals surface area contributed by atoms with E-state index in [1.54, 1.807) is 0 Å². The summed E-state index contributed by atoms with van der Waals surface area (Å²) in [6.45, 7) is 1.73. The van der Waals surface area contributed by atoms with Gasteiger partial charge in [-0.15, -0.1) is 0 Å². The van der Waals surface area contributed by atoms with Crippen LogP contribution < -0.4 is 0 Å². The first-order chi connectivity index (χ1) is 11.7. The second-order valence-corrected chi connectivity index (χ2v) is 4.97. The van der Waals surface area contributed by atoms with Gasteiger partial charge in [0.2, 0.25) is 0 Å². The Hall–Kier alpha value is -1.70. The highest BCUT2D eigenvalue weighted by molar-refractivity contribution is 5.81. The molecule has 0 saturated carbocycles. The minimum absolute atomic E-state index is 0.487. The Balaban J connectivity index is 5.67. The van der Waals surface area contributed by atoms with Crippen LogP contribution in [-0.4, -0.2) is 48.4 Å². The van der Waals surface area contributed by atoms with Gasteiger partial charge >= 0.3 is 41.8 Å². The summed E-state index contributed by atoms with van der Waals surface area (Å²) < 4.78 is 170. The quantitative estimate of drug-likeness (QED) is 0.216. The molecule has 0 bridgehead atoms. The minimum Gasteiger partial charge on any atom is -0.463 e. The number of halogens is 13. The van der Waals surface area contributed by atoms with E-state index in [4.69, 9.17) is 0 Å². The summed E-state index contributed by atoms with van der Waals surface area (Å²) >= 11 is 0. The molecule has 0 fully saturated rings. The number of carbonyl (C=O) groups excluding carboxylic acids is 1. The zero-order valence-electron chi connectivity index (χ0n) is 12.6. The van der Waals surface area contributed by atoms with Crippen molar-refractivity contribution < 1.29 is 66.6 Å². The van der Waals surface area contributed by atoms with Crippen LogP contribution in [0.1, 0.15) is 12.8 Å². The average molecular weight is 432 g/mol. The summed E-state index contributed by atoms with van der Waals surface area (Å²) in [6.07, 6.45) is -10.7. The van der Waals surface area contributed by atoms with E-state index in [2.05, 4.69) is 11.3 Å². The van der Waals surface area contributed by atoms with Gasteiger partial charge in [0.1, 0.15) is 0 Å². The second kappa shape index (κ2) is 7.37. The van der Waals surface area contributed by atoms with Crippen LogP contribution in [0.25, 0.3) is 0 Å². The topological polar surface area (TPSA) is 26.3 Å². The molecule has 0 amide bonds. The van der Waals surface area contributed by atoms with Gasteiger partial charge in [-0.3, -0.25) is 0 Å². The largest absolute Gasteiger partial charge is 0.463 e. The number of carbonyl (C=O) groups is 1. The van der Waals surface area contributed by atoms with E-state index in [1.165, 1.54) is 0 Å². The van der Waals surface area contributed by atoms with Gasteiger partial charge < -0.3 is 4.74 Å². The lowest BCUT2D eigenvalue weighted by Gasteiger charge is -2.39. The Morgan fingerprint density at radius 1 is 0.741 bits per heavy atom. The van der Waals surface area contributed by atoms with E-state index in [9.17, 15) is 61.9 Å². The van der Waals surface area contributed by atoms with Gasteiger partial charge in [0, 0.05) is 12.5 Å². The number of alkyl halides is 13. The molecule has 0 N–H and O–H groups in total. The molecule has 0 aliphatic rings. The maximum atomic E-state index is 13.3. The van der Waals surface area contributed by atoms with E-state index in [1.807, 2.05) is 0 Å². The normalized spacial score (nSPS) is 14.9. The minimum atomic E-state index is -7.92. The SMILES string of the molecule is C=CC(=O)OCCCC(F)(F)C(F)(F)C(F)(F)C(F)(F)C(F)(F)C(F)(F)F. The van der Waals surface area contributed by atoms with E-state index >= 15 is 0 Å². The van der Waals surface area contributed by atoms with Gasteiger partial charge in [-0.05, 0) is 6.42 Å². The van der Waals surface area contributed by atoms with Crippen LogP contribution in [0.2, 0.25) is 0 Å². The molecule has 0 aliphatic heterocycles. The summed E-state index contributed by atoms with van der Waals surface area (Å²) in [6, 6.07) is 0. The number of hydrogen-bond donors (Lipinski definition) is 0. The smallest absolute Gasteiger partial charge is 0.460 e. The summed E-state index contributed by atoms with van der Waals surface area (Å²) in [4.78, 5) is 10.5. The summed E-state index contributed by atoms with van der Waals surface area (Å²) in [5, 5.41) is 0. The zero-order chi connectivity index (χ0) is 22.1. The van der Waals surface area contributed by atoms with Gasteiger partial charge in [0.15, 0.2) is 0 Å². The van der Waals surface area contributed by atoms with Crippen molar-refractivity contribution in [1.29, 1.82) is 0 Å². The predicted octanol–water partition coefficient (Wildman–Crippen LogP) is 5.23. The van der Waals surface area contributed by atoms with Gasteiger partial charge in [-0.2, -0.15) is 57.1 Å². The fourth-order valence-corrected chi connectivity index (χ4v) is 1.48. The maximum Gasteiger partial charge on any atom is 0.460 e. The third-order valence-electron chi connectivity index (χ3n) is 3.04. The van der Waals surface area contributed by atoms with Crippen molar-refractivity contribution in [2.45, 2.75) is 48.6 Å². The van der Waals surface area contributed by atoms with Crippen LogP contribution >= 0.6 is 0 Å². The molecule has 0 radical (unpaired) electrons. The second-order valence-electron chi connectivity index (χ2n) is 4.97. The molecule has 2 nitrogen and oxygen atoms in total. The van der Waals surface area contributed by atoms with Crippen LogP contribution in [0.3, 0.4) is 0 Å². The third-order valence-corrected chi connectivity index (χ3v) is 3.04. The molecular formula is C12H9F13O2. The highest BCUT2D eigenvalue weighted by atomic mass is 19.4. The Morgan fingerprint density at radius 3 is 1.52 bits per heavy atom. The van der Waals surface area contributed by atoms with Crippen molar-refractivity contribution in [3.05, 3.63) is 12.7 Å². The van der Waals surface area contributed by atoms with E-state index in [-0.39, 0.29) is 0 Å². The van der Waals surface area contributed by atoms with Crippen molar-refractivity contribution in [2.75, 3.05) is 6.61 Å². The van der Waals surface area contributed by atoms with Crippen molar-refractivity contribution in [1.82, 2.24) is 0 Å². The number of ether oxygens (including phenoxy) is 1. The molecular weight excluding hydrogens is 423 g/mol.